The van der Waals surface area contributed by atoms with Crippen LogP contribution in [0.4, 0.5) is 23.1 Å². The minimum Gasteiger partial charge on any atom is -0.478 e. The molecule has 0 saturated heterocycles. The maximum absolute atomic E-state index is 11.3. The van der Waals surface area contributed by atoms with Crippen LogP contribution in [0.25, 0.3) is 0 Å². The lowest BCUT2D eigenvalue weighted by Crippen LogP contribution is -2.04. The van der Waals surface area contributed by atoms with Gasteiger partial charge >= 0.3 is 5.97 Å². The average molecular weight is 350 g/mol. The van der Waals surface area contributed by atoms with E-state index in [0.29, 0.717) is 29.0 Å². The Hall–Kier alpha value is -3.81. The van der Waals surface area contributed by atoms with E-state index in [2.05, 4.69) is 20.6 Å². The molecule has 0 fully saturated rings. The summed E-state index contributed by atoms with van der Waals surface area (Å²) in [5, 5.41) is 15.4. The van der Waals surface area contributed by atoms with Gasteiger partial charge < -0.3 is 25.2 Å². The Morgan fingerprint density at radius 2 is 1.88 bits per heavy atom. The molecule has 0 saturated carbocycles. The Morgan fingerprint density at radius 3 is 2.77 bits per heavy atom. The summed E-state index contributed by atoms with van der Waals surface area (Å²) in [6.07, 6.45) is 1.58. The largest absolute Gasteiger partial charge is 0.478 e. The third-order valence-electron chi connectivity index (χ3n) is 3.70. The molecule has 8 nitrogen and oxygen atoms in total. The first kappa shape index (κ1) is 15.7. The molecular formula is C18H14N4O4. The van der Waals surface area contributed by atoms with E-state index in [1.54, 1.807) is 42.6 Å². The second-order valence-corrected chi connectivity index (χ2v) is 5.43. The minimum absolute atomic E-state index is 0.163. The molecule has 0 spiro atoms. The van der Waals surface area contributed by atoms with Crippen LogP contribution in [-0.4, -0.2) is 27.8 Å². The number of ether oxygens (including phenoxy) is 2. The predicted molar refractivity (Wildman–Crippen MR) is 94.6 cm³/mol. The minimum atomic E-state index is -1.01. The lowest BCUT2D eigenvalue weighted by atomic mass is 10.2. The van der Waals surface area contributed by atoms with Gasteiger partial charge in [0.2, 0.25) is 12.7 Å². The number of carboxylic acids is 1. The van der Waals surface area contributed by atoms with Crippen molar-refractivity contribution in [1.29, 1.82) is 0 Å². The summed E-state index contributed by atoms with van der Waals surface area (Å²) < 4.78 is 10.6. The quantitative estimate of drug-likeness (QED) is 0.643. The molecule has 2 aromatic carbocycles. The number of hydrogen-bond donors (Lipinski definition) is 3. The zero-order chi connectivity index (χ0) is 17.9. The van der Waals surface area contributed by atoms with Crippen molar-refractivity contribution in [2.24, 2.45) is 0 Å². The highest BCUT2D eigenvalue weighted by Gasteiger charge is 2.14. The molecule has 0 radical (unpaired) electrons. The standard InChI is InChI=1S/C18H14N4O4/c23-17(24)12-3-1-2-4-13(12)21-16-7-8-19-18(22-16)20-11-5-6-14-15(9-11)26-10-25-14/h1-9H,10H2,(H,23,24)(H2,19,20,21,22). The second kappa shape index (κ2) is 6.60. The van der Waals surface area contributed by atoms with Crippen LogP contribution in [0.1, 0.15) is 10.4 Å². The molecule has 4 rings (SSSR count). The van der Waals surface area contributed by atoms with Gasteiger partial charge in [0.25, 0.3) is 0 Å². The number of hydrogen-bond acceptors (Lipinski definition) is 7. The number of anilines is 4. The number of fused-ring (bicyclic) bond motifs is 1. The maximum Gasteiger partial charge on any atom is 0.337 e. The van der Waals surface area contributed by atoms with Crippen molar-refractivity contribution in [3.05, 3.63) is 60.3 Å². The summed E-state index contributed by atoms with van der Waals surface area (Å²) >= 11 is 0. The summed E-state index contributed by atoms with van der Waals surface area (Å²) in [6.45, 7) is 0.206. The first-order valence-electron chi connectivity index (χ1n) is 7.78. The number of carbonyl (C=O) groups is 1. The molecule has 1 aliphatic heterocycles. The number of aromatic carboxylic acids is 1. The van der Waals surface area contributed by atoms with E-state index in [0.717, 1.165) is 5.69 Å². The lowest BCUT2D eigenvalue weighted by Gasteiger charge is -2.10. The normalized spacial score (nSPS) is 11.8. The van der Waals surface area contributed by atoms with Gasteiger partial charge in [-0.2, -0.15) is 4.98 Å². The van der Waals surface area contributed by atoms with Gasteiger partial charge in [0.1, 0.15) is 5.82 Å². The molecule has 0 unspecified atom stereocenters. The van der Waals surface area contributed by atoms with E-state index in [1.807, 2.05) is 6.07 Å². The van der Waals surface area contributed by atoms with Crippen LogP contribution in [0, 0.1) is 0 Å². The number of benzene rings is 2. The highest BCUT2D eigenvalue weighted by molar-refractivity contribution is 5.95. The molecule has 3 aromatic rings. The highest BCUT2D eigenvalue weighted by Crippen LogP contribution is 2.34. The monoisotopic (exact) mass is 350 g/mol. The summed E-state index contributed by atoms with van der Waals surface area (Å²) in [5.74, 6) is 1.16. The second-order valence-electron chi connectivity index (χ2n) is 5.43. The van der Waals surface area contributed by atoms with Gasteiger partial charge in [0.15, 0.2) is 11.5 Å². The number of carboxylic acid groups (broad SMARTS) is 1. The van der Waals surface area contributed by atoms with Crippen LogP contribution in [0.2, 0.25) is 0 Å². The predicted octanol–water partition coefficient (Wildman–Crippen LogP) is 3.39. The van der Waals surface area contributed by atoms with Crippen molar-refractivity contribution in [2.75, 3.05) is 17.4 Å². The third-order valence-corrected chi connectivity index (χ3v) is 3.70. The van der Waals surface area contributed by atoms with Crippen molar-refractivity contribution in [3.8, 4) is 11.5 Å². The molecule has 8 heteroatoms. The Balaban J connectivity index is 1.55. The van der Waals surface area contributed by atoms with Gasteiger partial charge in [-0.1, -0.05) is 12.1 Å². The Morgan fingerprint density at radius 1 is 1.04 bits per heavy atom. The zero-order valence-electron chi connectivity index (χ0n) is 13.5. The van der Waals surface area contributed by atoms with Crippen molar-refractivity contribution < 1.29 is 19.4 Å². The fourth-order valence-corrected chi connectivity index (χ4v) is 2.51. The average Bonchev–Trinajstić information content (AvgIpc) is 3.10. The van der Waals surface area contributed by atoms with Crippen molar-refractivity contribution >= 4 is 29.1 Å². The highest BCUT2D eigenvalue weighted by atomic mass is 16.7. The van der Waals surface area contributed by atoms with E-state index in [9.17, 15) is 9.90 Å². The zero-order valence-corrected chi connectivity index (χ0v) is 13.5. The van der Waals surface area contributed by atoms with Gasteiger partial charge in [0, 0.05) is 18.0 Å². The molecule has 130 valence electrons. The molecule has 3 N–H and O–H groups in total. The molecular weight excluding hydrogens is 336 g/mol. The first-order chi connectivity index (χ1) is 12.7. The Labute approximate surface area is 148 Å². The van der Waals surface area contributed by atoms with Crippen LogP contribution in [0.3, 0.4) is 0 Å². The maximum atomic E-state index is 11.3. The Bertz CT molecular complexity index is 977. The van der Waals surface area contributed by atoms with Gasteiger partial charge in [-0.3, -0.25) is 0 Å². The third kappa shape index (κ3) is 3.20. The molecule has 2 heterocycles. The molecule has 26 heavy (non-hydrogen) atoms. The van der Waals surface area contributed by atoms with Crippen molar-refractivity contribution in [3.63, 3.8) is 0 Å². The van der Waals surface area contributed by atoms with E-state index in [1.165, 1.54) is 6.07 Å². The Kier molecular flexibility index (Phi) is 3.98. The van der Waals surface area contributed by atoms with Gasteiger partial charge in [0.05, 0.1) is 11.3 Å². The fourth-order valence-electron chi connectivity index (χ4n) is 2.51. The van der Waals surface area contributed by atoms with Crippen LogP contribution in [-0.2, 0) is 0 Å². The van der Waals surface area contributed by atoms with E-state index in [-0.39, 0.29) is 12.4 Å². The number of aromatic nitrogens is 2. The number of para-hydroxylation sites is 1. The van der Waals surface area contributed by atoms with Gasteiger partial charge in [-0.05, 0) is 30.3 Å². The molecule has 1 aliphatic rings. The summed E-state index contributed by atoms with van der Waals surface area (Å²) in [4.78, 5) is 19.8. The van der Waals surface area contributed by atoms with Crippen LogP contribution >= 0.6 is 0 Å². The summed E-state index contributed by atoms with van der Waals surface area (Å²) in [5.41, 5.74) is 1.36. The molecule has 0 atom stereocenters. The molecule has 0 amide bonds. The van der Waals surface area contributed by atoms with Crippen molar-refractivity contribution in [2.45, 2.75) is 0 Å². The fraction of sp³-hybridized carbons (Fsp3) is 0.0556. The molecule has 0 aliphatic carbocycles. The van der Waals surface area contributed by atoms with Gasteiger partial charge in [-0.15, -0.1) is 0 Å². The number of rotatable bonds is 5. The first-order valence-corrected chi connectivity index (χ1v) is 7.78. The van der Waals surface area contributed by atoms with Crippen LogP contribution in [0.15, 0.2) is 54.7 Å². The van der Waals surface area contributed by atoms with E-state index in [4.69, 9.17) is 9.47 Å². The van der Waals surface area contributed by atoms with Crippen LogP contribution in [0.5, 0.6) is 11.5 Å². The topological polar surface area (TPSA) is 106 Å². The van der Waals surface area contributed by atoms with Gasteiger partial charge in [-0.25, -0.2) is 9.78 Å². The summed E-state index contributed by atoms with van der Waals surface area (Å²) in [7, 11) is 0. The van der Waals surface area contributed by atoms with Crippen molar-refractivity contribution in [1.82, 2.24) is 9.97 Å². The van der Waals surface area contributed by atoms with E-state index >= 15 is 0 Å². The molecule has 0 bridgehead atoms. The smallest absolute Gasteiger partial charge is 0.337 e. The lowest BCUT2D eigenvalue weighted by molar-refractivity contribution is 0.0698. The number of nitrogens with one attached hydrogen (secondary N) is 2. The summed E-state index contributed by atoms with van der Waals surface area (Å²) in [6, 6.07) is 13.7. The van der Waals surface area contributed by atoms with E-state index < -0.39 is 5.97 Å². The molecule has 1 aromatic heterocycles. The number of nitrogens with zero attached hydrogens (tertiary/aromatic N) is 2. The SMILES string of the molecule is O=C(O)c1ccccc1Nc1ccnc(Nc2ccc3c(c2)OCO3)n1. The van der Waals surface area contributed by atoms with Crippen LogP contribution < -0.4 is 20.1 Å².